The average Bonchev–Trinajstić information content (AvgIpc) is 3.22. The summed E-state index contributed by atoms with van der Waals surface area (Å²) in [7, 11) is 0. The molecule has 0 bridgehead atoms. The van der Waals surface area contributed by atoms with Gasteiger partial charge in [-0.1, -0.05) is 0 Å². The lowest BCUT2D eigenvalue weighted by Crippen LogP contribution is -2.36. The number of benzene rings is 1. The van der Waals surface area contributed by atoms with Crippen molar-refractivity contribution >= 4 is 22.6 Å². The number of amides is 1. The van der Waals surface area contributed by atoms with Gasteiger partial charge in [-0.3, -0.25) is 4.79 Å². The van der Waals surface area contributed by atoms with E-state index in [0.29, 0.717) is 30.1 Å². The minimum Gasteiger partial charge on any atom is -0.383 e. The second-order valence-corrected chi connectivity index (χ2v) is 7.61. The predicted molar refractivity (Wildman–Crippen MR) is 107 cm³/mol. The summed E-state index contributed by atoms with van der Waals surface area (Å²) in [4.78, 5) is 19.2. The van der Waals surface area contributed by atoms with Gasteiger partial charge in [0.25, 0.3) is 5.91 Å². The molecule has 1 aliphatic rings. The summed E-state index contributed by atoms with van der Waals surface area (Å²) in [6.07, 6.45) is -4.56. The van der Waals surface area contributed by atoms with Gasteiger partial charge >= 0.3 is 6.18 Å². The molecule has 0 atom stereocenters. The second kappa shape index (κ2) is 7.77. The number of ether oxygens (including phenoxy) is 1. The van der Waals surface area contributed by atoms with E-state index in [1.807, 2.05) is 13.8 Å². The van der Waals surface area contributed by atoms with Crippen molar-refractivity contribution in [1.29, 1.82) is 0 Å². The number of anilines is 1. The van der Waals surface area contributed by atoms with Crippen LogP contribution < -0.4 is 5.73 Å². The molecule has 2 N–H and O–H groups in total. The van der Waals surface area contributed by atoms with Gasteiger partial charge in [-0.15, -0.1) is 5.10 Å². The molecule has 10 heteroatoms. The van der Waals surface area contributed by atoms with Gasteiger partial charge in [0.2, 0.25) is 0 Å². The molecule has 3 aromatic rings. The van der Waals surface area contributed by atoms with E-state index in [-0.39, 0.29) is 24.2 Å². The zero-order valence-electron chi connectivity index (χ0n) is 16.9. The number of hydrogen-bond donors (Lipinski definition) is 1. The number of fused-ring (bicyclic) bond motifs is 3. The van der Waals surface area contributed by atoms with Crippen LogP contribution in [0.25, 0.3) is 10.9 Å². The number of hydrogen-bond acceptors (Lipinski definition) is 6. The van der Waals surface area contributed by atoms with Gasteiger partial charge in [0.1, 0.15) is 5.82 Å². The van der Waals surface area contributed by atoms with Gasteiger partial charge in [0.15, 0.2) is 5.69 Å². The highest BCUT2D eigenvalue weighted by molar-refractivity contribution is 5.99. The predicted octanol–water partition coefficient (Wildman–Crippen LogP) is 3.71. The van der Waals surface area contributed by atoms with E-state index in [9.17, 15) is 18.0 Å². The molecule has 0 saturated heterocycles. The highest BCUT2D eigenvalue weighted by Gasteiger charge is 2.33. The first-order valence-electron chi connectivity index (χ1n) is 9.64. The summed E-state index contributed by atoms with van der Waals surface area (Å²) in [5.41, 5.74) is 8.04. The van der Waals surface area contributed by atoms with Crippen LogP contribution >= 0.6 is 0 Å². The van der Waals surface area contributed by atoms with Crippen molar-refractivity contribution in [1.82, 2.24) is 20.1 Å². The molecule has 0 radical (unpaired) electrons. The Morgan fingerprint density at radius 3 is 2.55 bits per heavy atom. The number of aromatic nitrogens is 3. The summed E-state index contributed by atoms with van der Waals surface area (Å²) in [6.45, 7) is 4.45. The Kier molecular flexibility index (Phi) is 5.26. The Balaban J connectivity index is 1.64. The number of alkyl halides is 3. The van der Waals surface area contributed by atoms with Gasteiger partial charge in [0.05, 0.1) is 31.0 Å². The van der Waals surface area contributed by atoms with Crippen molar-refractivity contribution in [2.45, 2.75) is 45.8 Å². The van der Waals surface area contributed by atoms with Gasteiger partial charge in [-0.05, 0) is 49.7 Å². The topological polar surface area (TPSA) is 94.2 Å². The van der Waals surface area contributed by atoms with Crippen LogP contribution in [0.5, 0.6) is 0 Å². The van der Waals surface area contributed by atoms with Crippen molar-refractivity contribution < 1.29 is 22.7 Å². The summed E-state index contributed by atoms with van der Waals surface area (Å²) in [5, 5.41) is 7.68. The first-order valence-corrected chi connectivity index (χ1v) is 9.64. The lowest BCUT2D eigenvalue weighted by atomic mass is 10.0. The molecule has 4 rings (SSSR count). The largest absolute Gasteiger partial charge is 0.435 e. The number of halogens is 3. The number of carbonyl (C=O) groups is 1. The monoisotopic (exact) mass is 431 g/mol. The molecule has 1 amide bonds. The molecule has 0 unspecified atom stereocenters. The van der Waals surface area contributed by atoms with Crippen LogP contribution in [-0.4, -0.2) is 32.0 Å². The quantitative estimate of drug-likeness (QED) is 0.677. The molecule has 2 aromatic heterocycles. The summed E-state index contributed by atoms with van der Waals surface area (Å²) in [5.74, 6) is 0.145. The molecule has 0 aliphatic carbocycles. The number of carbonyl (C=O) groups excluding carboxylic acids is 1. The standard InChI is InChI=1S/C21H20F3N5O2/c1-11(2)29(8-13-4-6-18(28-27-13)21(22,23)24)20(30)12-3-5-17-14(7-12)15-9-31-10-16(15)19(25)26-17/h3-7,11H,8-10H2,1-2H3,(H2,25,26). The fourth-order valence-electron chi connectivity index (χ4n) is 3.53. The van der Waals surface area contributed by atoms with Gasteiger partial charge < -0.3 is 15.4 Å². The van der Waals surface area contributed by atoms with E-state index >= 15 is 0 Å². The van der Waals surface area contributed by atoms with Crippen LogP contribution in [0.4, 0.5) is 19.0 Å². The van der Waals surface area contributed by atoms with E-state index in [0.717, 1.165) is 22.6 Å². The Bertz CT molecular complexity index is 1150. The van der Waals surface area contributed by atoms with Crippen LogP contribution in [-0.2, 0) is 30.7 Å². The molecule has 1 aromatic carbocycles. The number of pyridine rings is 1. The van der Waals surface area contributed by atoms with E-state index in [2.05, 4.69) is 15.2 Å². The number of nitrogen functional groups attached to an aromatic ring is 1. The number of rotatable bonds is 4. The Labute approximate surface area is 176 Å². The van der Waals surface area contributed by atoms with E-state index in [1.54, 1.807) is 18.2 Å². The van der Waals surface area contributed by atoms with Crippen LogP contribution in [0.15, 0.2) is 30.3 Å². The normalized spacial score (nSPS) is 13.6. The van der Waals surface area contributed by atoms with Gasteiger partial charge in [-0.2, -0.15) is 18.3 Å². The number of nitrogens with zero attached hydrogens (tertiary/aromatic N) is 4. The van der Waals surface area contributed by atoms with Crippen molar-refractivity contribution in [3.8, 4) is 0 Å². The van der Waals surface area contributed by atoms with E-state index < -0.39 is 11.9 Å². The maximum atomic E-state index is 13.2. The lowest BCUT2D eigenvalue weighted by Gasteiger charge is -2.26. The van der Waals surface area contributed by atoms with Crippen LogP contribution in [0.1, 0.15) is 46.7 Å². The lowest BCUT2D eigenvalue weighted by molar-refractivity contribution is -0.141. The molecule has 31 heavy (non-hydrogen) atoms. The van der Waals surface area contributed by atoms with Crippen LogP contribution in [0.2, 0.25) is 0 Å². The fraction of sp³-hybridized carbons (Fsp3) is 0.333. The summed E-state index contributed by atoms with van der Waals surface area (Å²) >= 11 is 0. The minimum atomic E-state index is -4.56. The van der Waals surface area contributed by atoms with Crippen LogP contribution in [0.3, 0.4) is 0 Å². The smallest absolute Gasteiger partial charge is 0.383 e. The molecule has 3 heterocycles. The first kappa shape index (κ1) is 21.0. The summed E-state index contributed by atoms with van der Waals surface area (Å²) in [6, 6.07) is 7.02. The van der Waals surface area contributed by atoms with Gasteiger partial charge in [-0.25, -0.2) is 4.98 Å². The average molecular weight is 431 g/mol. The zero-order valence-corrected chi connectivity index (χ0v) is 16.9. The number of nitrogens with two attached hydrogens (primary N) is 1. The van der Waals surface area contributed by atoms with E-state index in [4.69, 9.17) is 10.5 Å². The minimum absolute atomic E-state index is 0.0287. The third-order valence-corrected chi connectivity index (χ3v) is 5.20. The molecule has 0 spiro atoms. The Morgan fingerprint density at radius 1 is 1.16 bits per heavy atom. The molecule has 0 fully saturated rings. The summed E-state index contributed by atoms with van der Waals surface area (Å²) < 4.78 is 43.6. The van der Waals surface area contributed by atoms with Crippen LogP contribution in [0, 0.1) is 0 Å². The zero-order chi connectivity index (χ0) is 22.3. The third-order valence-electron chi connectivity index (χ3n) is 5.20. The van der Waals surface area contributed by atoms with Crippen molar-refractivity contribution in [3.05, 3.63) is 58.4 Å². The SMILES string of the molecule is CC(C)N(Cc1ccc(C(F)(F)F)nn1)C(=O)c1ccc2nc(N)c3c(c2c1)COC3. The molecular formula is C21H20F3N5O2. The molecule has 7 nitrogen and oxygen atoms in total. The third kappa shape index (κ3) is 4.02. The van der Waals surface area contributed by atoms with Crippen molar-refractivity contribution in [2.75, 3.05) is 5.73 Å². The second-order valence-electron chi connectivity index (χ2n) is 7.61. The maximum Gasteiger partial charge on any atom is 0.435 e. The van der Waals surface area contributed by atoms with Crippen molar-refractivity contribution in [3.63, 3.8) is 0 Å². The van der Waals surface area contributed by atoms with Crippen molar-refractivity contribution in [2.24, 2.45) is 0 Å². The first-order chi connectivity index (χ1) is 14.6. The fourth-order valence-corrected chi connectivity index (χ4v) is 3.53. The highest BCUT2D eigenvalue weighted by atomic mass is 19.4. The molecular weight excluding hydrogens is 411 g/mol. The Morgan fingerprint density at radius 2 is 1.90 bits per heavy atom. The molecule has 0 saturated carbocycles. The Hall–Kier alpha value is -3.27. The highest BCUT2D eigenvalue weighted by Crippen LogP contribution is 2.32. The maximum absolute atomic E-state index is 13.2. The van der Waals surface area contributed by atoms with E-state index in [1.165, 1.54) is 11.0 Å². The molecule has 162 valence electrons. The molecule has 1 aliphatic heterocycles. The van der Waals surface area contributed by atoms with Gasteiger partial charge in [0, 0.05) is 22.6 Å².